The van der Waals surface area contributed by atoms with Gasteiger partial charge in [0.1, 0.15) is 0 Å². The van der Waals surface area contributed by atoms with E-state index in [9.17, 15) is 0 Å². The van der Waals surface area contributed by atoms with E-state index < -0.39 is 0 Å². The molecule has 0 radical (unpaired) electrons. The van der Waals surface area contributed by atoms with Crippen molar-refractivity contribution in [1.82, 2.24) is 6.15 Å². The van der Waals surface area contributed by atoms with E-state index in [1.54, 1.807) is 0 Å². The third-order valence-electron chi connectivity index (χ3n) is 2.62. The topological polar surface area (TPSA) is 35.0 Å². The van der Waals surface area contributed by atoms with Gasteiger partial charge in [-0.1, -0.05) is 66.2 Å². The summed E-state index contributed by atoms with van der Waals surface area (Å²) in [6.45, 7) is 4.32. The number of rotatable bonds is 2. The lowest BCUT2D eigenvalue weighted by molar-refractivity contribution is 1.37. The largest absolute Gasteiger partial charge is 0.344 e. The zero-order chi connectivity index (χ0) is 11.4. The standard InChI is InChI=1S/C16H16.H3N/c1-13(2)16(14-9-5-3-6-10-14)15-11-7-4-8-12-15;/h3-12H,1-2H3;1H3. The molecule has 1 heteroatoms. The van der Waals surface area contributed by atoms with Crippen LogP contribution in [-0.2, 0) is 0 Å². The van der Waals surface area contributed by atoms with E-state index in [0.717, 1.165) is 0 Å². The monoisotopic (exact) mass is 225 g/mol. The average molecular weight is 225 g/mol. The molecule has 0 aliphatic carbocycles. The lowest BCUT2D eigenvalue weighted by Gasteiger charge is -2.10. The number of benzene rings is 2. The van der Waals surface area contributed by atoms with E-state index in [4.69, 9.17) is 0 Å². The number of allylic oxidation sites excluding steroid dienone is 1. The lowest BCUT2D eigenvalue weighted by Crippen LogP contribution is -1.89. The van der Waals surface area contributed by atoms with Crippen LogP contribution in [-0.4, -0.2) is 0 Å². The molecule has 17 heavy (non-hydrogen) atoms. The van der Waals surface area contributed by atoms with Crippen LogP contribution in [0.15, 0.2) is 66.2 Å². The van der Waals surface area contributed by atoms with Gasteiger partial charge in [0.15, 0.2) is 0 Å². The quantitative estimate of drug-likeness (QED) is 0.790. The minimum atomic E-state index is 0. The van der Waals surface area contributed by atoms with Gasteiger partial charge in [-0.3, -0.25) is 0 Å². The van der Waals surface area contributed by atoms with E-state index in [-0.39, 0.29) is 6.15 Å². The molecule has 0 aliphatic rings. The summed E-state index contributed by atoms with van der Waals surface area (Å²) in [5.74, 6) is 0. The minimum Gasteiger partial charge on any atom is -0.344 e. The van der Waals surface area contributed by atoms with Gasteiger partial charge < -0.3 is 6.15 Å². The van der Waals surface area contributed by atoms with Gasteiger partial charge in [0, 0.05) is 0 Å². The Balaban J connectivity index is 0.00000144. The van der Waals surface area contributed by atoms with Gasteiger partial charge in [-0.25, -0.2) is 0 Å². The average Bonchev–Trinajstić information content (AvgIpc) is 2.31. The van der Waals surface area contributed by atoms with Crippen molar-refractivity contribution < 1.29 is 0 Å². The Morgan fingerprint density at radius 3 is 1.29 bits per heavy atom. The first-order valence-electron chi connectivity index (χ1n) is 5.57. The van der Waals surface area contributed by atoms with Crippen molar-refractivity contribution in [1.29, 1.82) is 0 Å². The Morgan fingerprint density at radius 1 is 0.647 bits per heavy atom. The highest BCUT2D eigenvalue weighted by atomic mass is 14.1. The zero-order valence-corrected chi connectivity index (χ0v) is 10.5. The predicted molar refractivity (Wildman–Crippen MR) is 75.3 cm³/mol. The molecule has 0 fully saturated rings. The predicted octanol–water partition coefficient (Wildman–Crippen LogP) is 4.69. The van der Waals surface area contributed by atoms with Crippen LogP contribution < -0.4 is 6.15 Å². The summed E-state index contributed by atoms with van der Waals surface area (Å²) < 4.78 is 0. The molecule has 0 atom stereocenters. The molecule has 0 heterocycles. The third kappa shape index (κ3) is 3.05. The summed E-state index contributed by atoms with van der Waals surface area (Å²) >= 11 is 0. The first kappa shape index (κ1) is 13.2. The van der Waals surface area contributed by atoms with Crippen LogP contribution in [0.3, 0.4) is 0 Å². The molecule has 0 aliphatic heterocycles. The van der Waals surface area contributed by atoms with E-state index in [0.29, 0.717) is 0 Å². The molecule has 2 aromatic rings. The second-order valence-electron chi connectivity index (χ2n) is 4.11. The maximum atomic E-state index is 2.16. The SMILES string of the molecule is CC(C)=C(c1ccccc1)c1ccccc1.N. The van der Waals surface area contributed by atoms with Crippen molar-refractivity contribution in [3.05, 3.63) is 77.4 Å². The second kappa shape index (κ2) is 6.02. The smallest absolute Gasteiger partial charge is 0.0125 e. The fourth-order valence-electron chi connectivity index (χ4n) is 1.95. The molecule has 2 rings (SSSR count). The summed E-state index contributed by atoms with van der Waals surface area (Å²) in [6, 6.07) is 21.1. The minimum absolute atomic E-state index is 0. The molecule has 3 N–H and O–H groups in total. The van der Waals surface area contributed by atoms with Gasteiger partial charge in [-0.15, -0.1) is 0 Å². The highest BCUT2D eigenvalue weighted by Crippen LogP contribution is 2.26. The van der Waals surface area contributed by atoms with E-state index >= 15 is 0 Å². The molecule has 0 spiro atoms. The number of hydrogen-bond donors (Lipinski definition) is 1. The fourth-order valence-corrected chi connectivity index (χ4v) is 1.95. The maximum absolute atomic E-state index is 2.16. The van der Waals surface area contributed by atoms with Crippen LogP contribution in [0.5, 0.6) is 0 Å². The summed E-state index contributed by atoms with van der Waals surface area (Å²) in [5, 5.41) is 0. The van der Waals surface area contributed by atoms with Gasteiger partial charge in [0.25, 0.3) is 0 Å². The van der Waals surface area contributed by atoms with E-state index in [1.807, 2.05) is 0 Å². The van der Waals surface area contributed by atoms with Crippen molar-refractivity contribution in [2.75, 3.05) is 0 Å². The Morgan fingerprint density at radius 2 is 1.00 bits per heavy atom. The van der Waals surface area contributed by atoms with E-state index in [2.05, 4.69) is 74.5 Å². The molecule has 0 saturated carbocycles. The van der Waals surface area contributed by atoms with Crippen molar-refractivity contribution in [3.8, 4) is 0 Å². The number of hydrogen-bond acceptors (Lipinski definition) is 1. The summed E-state index contributed by atoms with van der Waals surface area (Å²) in [4.78, 5) is 0. The second-order valence-corrected chi connectivity index (χ2v) is 4.11. The molecular formula is C16H19N. The molecule has 2 aromatic carbocycles. The molecule has 88 valence electrons. The fraction of sp³-hybridized carbons (Fsp3) is 0.125. The van der Waals surface area contributed by atoms with Crippen LogP contribution in [0.4, 0.5) is 0 Å². The van der Waals surface area contributed by atoms with Gasteiger partial charge in [0.05, 0.1) is 0 Å². The highest BCUT2D eigenvalue weighted by molar-refractivity contribution is 5.81. The third-order valence-corrected chi connectivity index (χ3v) is 2.62. The first-order valence-corrected chi connectivity index (χ1v) is 5.57. The first-order chi connectivity index (χ1) is 7.79. The van der Waals surface area contributed by atoms with Crippen molar-refractivity contribution >= 4 is 5.57 Å². The molecule has 0 unspecified atom stereocenters. The molecule has 0 amide bonds. The Hall–Kier alpha value is -1.86. The highest BCUT2D eigenvalue weighted by Gasteiger charge is 2.05. The van der Waals surface area contributed by atoms with Crippen molar-refractivity contribution in [3.63, 3.8) is 0 Å². The van der Waals surface area contributed by atoms with Crippen LogP contribution >= 0.6 is 0 Å². The van der Waals surface area contributed by atoms with Gasteiger partial charge in [0.2, 0.25) is 0 Å². The van der Waals surface area contributed by atoms with E-state index in [1.165, 1.54) is 22.3 Å². The van der Waals surface area contributed by atoms with Gasteiger partial charge in [-0.2, -0.15) is 0 Å². The summed E-state index contributed by atoms with van der Waals surface area (Å²) in [6.07, 6.45) is 0. The molecule has 0 saturated heterocycles. The zero-order valence-electron chi connectivity index (χ0n) is 10.5. The van der Waals surface area contributed by atoms with Crippen molar-refractivity contribution in [2.24, 2.45) is 0 Å². The normalized spacial score (nSPS) is 9.29. The molecular weight excluding hydrogens is 206 g/mol. The Kier molecular flexibility index (Phi) is 4.68. The summed E-state index contributed by atoms with van der Waals surface area (Å²) in [5.41, 5.74) is 5.25. The molecule has 0 aromatic heterocycles. The van der Waals surface area contributed by atoms with Gasteiger partial charge in [-0.05, 0) is 30.5 Å². The van der Waals surface area contributed by atoms with Crippen LogP contribution in [0, 0.1) is 0 Å². The molecule has 1 nitrogen and oxygen atoms in total. The van der Waals surface area contributed by atoms with Crippen LogP contribution in [0.25, 0.3) is 5.57 Å². The Labute approximate surface area is 103 Å². The maximum Gasteiger partial charge on any atom is -0.0125 e. The van der Waals surface area contributed by atoms with Crippen LogP contribution in [0.1, 0.15) is 25.0 Å². The Bertz CT molecular complexity index is 438. The molecule has 0 bridgehead atoms. The lowest BCUT2D eigenvalue weighted by atomic mass is 9.94. The van der Waals surface area contributed by atoms with Crippen LogP contribution in [0.2, 0.25) is 0 Å². The summed E-state index contributed by atoms with van der Waals surface area (Å²) in [7, 11) is 0. The van der Waals surface area contributed by atoms with Crippen molar-refractivity contribution in [2.45, 2.75) is 13.8 Å². The van der Waals surface area contributed by atoms with Gasteiger partial charge >= 0.3 is 0 Å².